The molecule has 1 fully saturated rings. The van der Waals surface area contributed by atoms with E-state index in [2.05, 4.69) is 5.32 Å². The summed E-state index contributed by atoms with van der Waals surface area (Å²) in [4.78, 5) is 12.5. The lowest BCUT2D eigenvalue weighted by Gasteiger charge is -2.16. The Kier molecular flexibility index (Phi) is 4.06. The van der Waals surface area contributed by atoms with Gasteiger partial charge in [0.05, 0.1) is 35.3 Å². The highest BCUT2D eigenvalue weighted by Crippen LogP contribution is 2.47. The highest BCUT2D eigenvalue weighted by Gasteiger charge is 2.52. The molecule has 1 aliphatic rings. The van der Waals surface area contributed by atoms with Gasteiger partial charge < -0.3 is 20.5 Å². The molecule has 0 aliphatic heterocycles. The Morgan fingerprint density at radius 1 is 1.35 bits per heavy atom. The second kappa shape index (κ2) is 5.46. The molecule has 0 saturated heterocycles. The molecule has 0 atom stereocenters. The lowest BCUT2D eigenvalue weighted by atomic mass is 10.1. The van der Waals surface area contributed by atoms with Gasteiger partial charge in [0, 0.05) is 6.07 Å². The van der Waals surface area contributed by atoms with E-state index in [9.17, 15) is 4.79 Å². The van der Waals surface area contributed by atoms with Crippen molar-refractivity contribution >= 4 is 40.4 Å². The molecule has 0 aromatic heterocycles. The topological polar surface area (TPSA) is 73.6 Å². The zero-order valence-electron chi connectivity index (χ0n) is 11.2. The van der Waals surface area contributed by atoms with Crippen LogP contribution in [0, 0.1) is 5.41 Å². The second-order valence-electron chi connectivity index (χ2n) is 4.59. The summed E-state index contributed by atoms with van der Waals surface area (Å²) in [5.41, 5.74) is 5.36. The van der Waals surface area contributed by atoms with Crippen LogP contribution in [-0.2, 0) is 4.79 Å². The average molecular weight is 315 g/mol. The van der Waals surface area contributed by atoms with Gasteiger partial charge in [-0.25, -0.2) is 0 Å². The number of amides is 1. The van der Waals surface area contributed by atoms with Gasteiger partial charge >= 0.3 is 0 Å². The number of methoxy groups -OCH3 is 2. The normalized spacial score (nSPS) is 15.3. The minimum absolute atomic E-state index is 0.216. The van der Waals surface area contributed by atoms with Crippen LogP contribution in [-0.4, -0.2) is 25.1 Å². The van der Waals surface area contributed by atoms with Gasteiger partial charge in [0.25, 0.3) is 0 Å². The number of rotatable bonds is 5. The van der Waals surface area contributed by atoms with E-state index in [1.165, 1.54) is 14.2 Å². The second-order valence-corrected chi connectivity index (χ2v) is 5.43. The van der Waals surface area contributed by atoms with Crippen LogP contribution in [0.4, 0.5) is 5.69 Å². The van der Waals surface area contributed by atoms with E-state index in [1.54, 1.807) is 12.1 Å². The number of benzene rings is 1. The number of carbonyl (C=O) groups is 1. The first-order chi connectivity index (χ1) is 9.44. The number of thiocarbonyl (C=S) groups is 1. The van der Waals surface area contributed by atoms with Crippen molar-refractivity contribution in [2.45, 2.75) is 12.8 Å². The van der Waals surface area contributed by atoms with E-state index in [0.29, 0.717) is 35.1 Å². The molecule has 0 heterocycles. The molecule has 1 aliphatic carbocycles. The third kappa shape index (κ3) is 2.53. The van der Waals surface area contributed by atoms with Gasteiger partial charge in [-0.2, -0.15) is 0 Å². The lowest BCUT2D eigenvalue weighted by Crippen LogP contribution is -2.35. The van der Waals surface area contributed by atoms with Crippen molar-refractivity contribution in [3.63, 3.8) is 0 Å². The van der Waals surface area contributed by atoms with Crippen LogP contribution in [0.1, 0.15) is 12.8 Å². The van der Waals surface area contributed by atoms with Crippen molar-refractivity contribution in [1.82, 2.24) is 0 Å². The number of halogens is 1. The predicted octanol–water partition coefficient (Wildman–Crippen LogP) is 2.36. The van der Waals surface area contributed by atoms with Crippen LogP contribution < -0.4 is 20.5 Å². The largest absolute Gasteiger partial charge is 0.495 e. The van der Waals surface area contributed by atoms with E-state index in [0.717, 1.165) is 0 Å². The summed E-state index contributed by atoms with van der Waals surface area (Å²) in [5, 5.41) is 3.14. The number of hydrogen-bond donors (Lipinski definition) is 2. The number of nitrogens with one attached hydrogen (secondary N) is 1. The van der Waals surface area contributed by atoms with E-state index in [4.69, 9.17) is 39.0 Å². The lowest BCUT2D eigenvalue weighted by molar-refractivity contribution is -0.118. The van der Waals surface area contributed by atoms with Crippen molar-refractivity contribution in [2.24, 2.45) is 11.1 Å². The fourth-order valence-electron chi connectivity index (χ4n) is 1.91. The van der Waals surface area contributed by atoms with Crippen LogP contribution in [0.2, 0.25) is 5.02 Å². The monoisotopic (exact) mass is 314 g/mol. The number of anilines is 1. The number of nitrogens with two attached hydrogens (primary N) is 1. The smallest absolute Gasteiger partial charge is 0.237 e. The van der Waals surface area contributed by atoms with Gasteiger partial charge in [-0.15, -0.1) is 0 Å². The highest BCUT2D eigenvalue weighted by atomic mass is 35.5. The SMILES string of the molecule is COc1cc(OC)c(NC(=O)C2(C(N)=S)CC2)cc1Cl. The highest BCUT2D eigenvalue weighted by molar-refractivity contribution is 7.80. The predicted molar refractivity (Wildman–Crippen MR) is 81.6 cm³/mol. The Hall–Kier alpha value is -1.53. The molecule has 1 aromatic carbocycles. The zero-order valence-corrected chi connectivity index (χ0v) is 12.7. The zero-order chi connectivity index (χ0) is 14.9. The number of ether oxygens (including phenoxy) is 2. The first-order valence-corrected chi connectivity index (χ1v) is 6.76. The summed E-state index contributed by atoms with van der Waals surface area (Å²) in [6.45, 7) is 0. The summed E-state index contributed by atoms with van der Waals surface area (Å²) >= 11 is 11.0. The molecule has 20 heavy (non-hydrogen) atoms. The first-order valence-electron chi connectivity index (χ1n) is 5.97. The van der Waals surface area contributed by atoms with Crippen molar-refractivity contribution in [2.75, 3.05) is 19.5 Å². The molecule has 0 radical (unpaired) electrons. The summed E-state index contributed by atoms with van der Waals surface area (Å²) in [5.74, 6) is 0.694. The van der Waals surface area contributed by atoms with E-state index >= 15 is 0 Å². The Balaban J connectivity index is 2.27. The third-order valence-electron chi connectivity index (χ3n) is 3.38. The fourth-order valence-corrected chi connectivity index (χ4v) is 2.45. The number of hydrogen-bond acceptors (Lipinski definition) is 4. The van der Waals surface area contributed by atoms with Gasteiger partial charge in [0.15, 0.2) is 0 Å². The Morgan fingerprint density at radius 2 is 1.95 bits per heavy atom. The summed E-state index contributed by atoms with van der Waals surface area (Å²) in [6, 6.07) is 3.19. The van der Waals surface area contributed by atoms with Crippen LogP contribution in [0.15, 0.2) is 12.1 Å². The van der Waals surface area contributed by atoms with Gasteiger partial charge in [0.2, 0.25) is 5.91 Å². The van der Waals surface area contributed by atoms with Gasteiger partial charge in [0.1, 0.15) is 11.5 Å². The molecule has 7 heteroatoms. The maximum absolute atomic E-state index is 12.3. The van der Waals surface area contributed by atoms with Crippen LogP contribution in [0.3, 0.4) is 0 Å². The summed E-state index contributed by atoms with van der Waals surface area (Å²) in [7, 11) is 3.00. The first kappa shape index (κ1) is 14.9. The minimum atomic E-state index is -0.729. The maximum Gasteiger partial charge on any atom is 0.237 e. The van der Waals surface area contributed by atoms with Crippen molar-refractivity contribution in [1.29, 1.82) is 0 Å². The van der Waals surface area contributed by atoms with Crippen LogP contribution >= 0.6 is 23.8 Å². The van der Waals surface area contributed by atoms with Crippen molar-refractivity contribution in [3.8, 4) is 11.5 Å². The van der Waals surface area contributed by atoms with E-state index in [-0.39, 0.29) is 10.9 Å². The molecule has 0 bridgehead atoms. The molecule has 0 unspecified atom stereocenters. The molecule has 0 spiro atoms. The molecule has 1 amide bonds. The summed E-state index contributed by atoms with van der Waals surface area (Å²) in [6.07, 6.45) is 1.33. The van der Waals surface area contributed by atoms with Crippen molar-refractivity contribution in [3.05, 3.63) is 17.2 Å². The standard InChI is InChI=1S/C13H15ClN2O3S/c1-18-9-6-10(19-2)8(5-7(9)14)16-12(17)13(3-4-13)11(15)20/h5-6H,3-4H2,1-2H3,(H2,15,20)(H,16,17). The van der Waals surface area contributed by atoms with Crippen LogP contribution in [0.5, 0.6) is 11.5 Å². The third-order valence-corrected chi connectivity index (χ3v) is 4.06. The molecule has 1 saturated carbocycles. The molecular formula is C13H15ClN2O3S. The van der Waals surface area contributed by atoms with Gasteiger partial charge in [-0.1, -0.05) is 23.8 Å². The van der Waals surface area contributed by atoms with E-state index < -0.39 is 5.41 Å². The van der Waals surface area contributed by atoms with Crippen molar-refractivity contribution < 1.29 is 14.3 Å². The molecule has 2 rings (SSSR count). The molecule has 3 N–H and O–H groups in total. The minimum Gasteiger partial charge on any atom is -0.495 e. The number of carbonyl (C=O) groups excluding carboxylic acids is 1. The Morgan fingerprint density at radius 3 is 2.40 bits per heavy atom. The molecular weight excluding hydrogens is 300 g/mol. The fraction of sp³-hybridized carbons (Fsp3) is 0.385. The Bertz CT molecular complexity index is 573. The van der Waals surface area contributed by atoms with Gasteiger partial charge in [-0.3, -0.25) is 4.79 Å². The quantitative estimate of drug-likeness (QED) is 0.816. The maximum atomic E-state index is 12.3. The average Bonchev–Trinajstić information content (AvgIpc) is 3.20. The molecule has 1 aromatic rings. The van der Waals surface area contributed by atoms with Crippen LogP contribution in [0.25, 0.3) is 0 Å². The molecule has 108 valence electrons. The molecule has 5 nitrogen and oxygen atoms in total. The summed E-state index contributed by atoms with van der Waals surface area (Å²) < 4.78 is 10.3. The van der Waals surface area contributed by atoms with Gasteiger partial charge in [-0.05, 0) is 18.9 Å². The van der Waals surface area contributed by atoms with E-state index in [1.807, 2.05) is 0 Å². The Labute approximate surface area is 127 Å².